The van der Waals surface area contributed by atoms with Gasteiger partial charge in [-0.15, -0.1) is 0 Å². The molecule has 1 heterocycles. The summed E-state index contributed by atoms with van der Waals surface area (Å²) in [6, 6.07) is 4.15. The predicted molar refractivity (Wildman–Crippen MR) is 83.1 cm³/mol. The molecule has 1 unspecified atom stereocenters. The molecule has 0 radical (unpaired) electrons. The number of rotatable bonds is 4. The van der Waals surface area contributed by atoms with Crippen LogP contribution >= 0.6 is 26.6 Å². The fraction of sp³-hybridized carbons (Fsp3) is 0.462. The first-order valence-electron chi connectivity index (χ1n) is 6.51. The number of hydrogen-bond donors (Lipinski definition) is 1. The summed E-state index contributed by atoms with van der Waals surface area (Å²) in [6.07, 6.45) is 3.07. The molecule has 1 aliphatic heterocycles. The maximum atomic E-state index is 12.1. The fourth-order valence-corrected chi connectivity index (χ4v) is 3.56. The fourth-order valence-electron chi connectivity index (χ4n) is 2.11. The minimum Gasteiger partial charge on any atom is -0.376 e. The van der Waals surface area contributed by atoms with Crippen LogP contribution in [0.1, 0.15) is 29.6 Å². The molecule has 116 valence electrons. The van der Waals surface area contributed by atoms with Crippen LogP contribution in [0.5, 0.6) is 0 Å². The number of ether oxygens (including phenoxy) is 1. The normalized spacial score (nSPS) is 19.2. The maximum Gasteiger partial charge on any atom is 0.261 e. The van der Waals surface area contributed by atoms with E-state index >= 15 is 0 Å². The number of benzene rings is 1. The van der Waals surface area contributed by atoms with Crippen LogP contribution in [0.15, 0.2) is 27.6 Å². The smallest absolute Gasteiger partial charge is 0.261 e. The van der Waals surface area contributed by atoms with E-state index in [1.54, 1.807) is 6.07 Å². The molecule has 1 aliphatic rings. The van der Waals surface area contributed by atoms with Gasteiger partial charge in [-0.1, -0.05) is 15.9 Å². The van der Waals surface area contributed by atoms with E-state index in [0.29, 0.717) is 17.6 Å². The Morgan fingerprint density at radius 2 is 2.14 bits per heavy atom. The molecule has 1 aromatic carbocycles. The van der Waals surface area contributed by atoms with Crippen molar-refractivity contribution in [2.75, 3.05) is 13.2 Å². The predicted octanol–water partition coefficient (Wildman–Crippen LogP) is 2.68. The van der Waals surface area contributed by atoms with Crippen molar-refractivity contribution in [2.24, 2.45) is 0 Å². The second kappa shape index (κ2) is 7.09. The molecule has 0 spiro atoms. The molecule has 2 rings (SSSR count). The number of hydrogen-bond acceptors (Lipinski definition) is 4. The van der Waals surface area contributed by atoms with Gasteiger partial charge >= 0.3 is 0 Å². The van der Waals surface area contributed by atoms with Crippen molar-refractivity contribution >= 4 is 41.6 Å². The quantitative estimate of drug-likeness (QED) is 0.794. The highest BCUT2D eigenvalue weighted by molar-refractivity contribution is 9.10. The molecule has 21 heavy (non-hydrogen) atoms. The van der Waals surface area contributed by atoms with Crippen molar-refractivity contribution < 1.29 is 17.9 Å². The monoisotopic (exact) mass is 395 g/mol. The minimum atomic E-state index is -3.88. The summed E-state index contributed by atoms with van der Waals surface area (Å²) in [6.45, 7) is 1.13. The summed E-state index contributed by atoms with van der Waals surface area (Å²) in [4.78, 5) is 12.0. The lowest BCUT2D eigenvalue weighted by molar-refractivity contribution is 0.0169. The van der Waals surface area contributed by atoms with E-state index in [2.05, 4.69) is 21.2 Å². The lowest BCUT2D eigenvalue weighted by Crippen LogP contribution is -2.35. The average molecular weight is 397 g/mol. The van der Waals surface area contributed by atoms with Gasteiger partial charge in [-0.3, -0.25) is 4.79 Å². The molecule has 1 fully saturated rings. The molecule has 1 aromatic rings. The lowest BCUT2D eigenvalue weighted by Gasteiger charge is -2.22. The van der Waals surface area contributed by atoms with Crippen molar-refractivity contribution in [1.29, 1.82) is 0 Å². The Labute approximate surface area is 136 Å². The van der Waals surface area contributed by atoms with Crippen LogP contribution in [0.4, 0.5) is 0 Å². The van der Waals surface area contributed by atoms with Crippen molar-refractivity contribution in [3.8, 4) is 0 Å². The van der Waals surface area contributed by atoms with Crippen molar-refractivity contribution in [2.45, 2.75) is 30.3 Å². The summed E-state index contributed by atoms with van der Waals surface area (Å²) >= 11 is 3.17. The van der Waals surface area contributed by atoms with Crippen molar-refractivity contribution in [1.82, 2.24) is 5.32 Å². The van der Waals surface area contributed by atoms with Gasteiger partial charge in [0, 0.05) is 33.9 Å². The van der Waals surface area contributed by atoms with Gasteiger partial charge in [-0.25, -0.2) is 8.42 Å². The van der Waals surface area contributed by atoms with Gasteiger partial charge in [-0.2, -0.15) is 0 Å². The number of halogens is 2. The highest BCUT2D eigenvalue weighted by Gasteiger charge is 2.18. The number of amides is 1. The Balaban J connectivity index is 2.06. The lowest BCUT2D eigenvalue weighted by atomic mass is 10.1. The number of nitrogens with one attached hydrogen (secondary N) is 1. The van der Waals surface area contributed by atoms with Crippen LogP contribution in [0.2, 0.25) is 0 Å². The zero-order valence-electron chi connectivity index (χ0n) is 11.1. The molecule has 1 saturated heterocycles. The van der Waals surface area contributed by atoms with Crippen LogP contribution in [0.25, 0.3) is 0 Å². The van der Waals surface area contributed by atoms with Gasteiger partial charge < -0.3 is 10.1 Å². The van der Waals surface area contributed by atoms with Gasteiger partial charge in [0.05, 0.1) is 11.0 Å². The van der Waals surface area contributed by atoms with Crippen LogP contribution in [-0.4, -0.2) is 33.6 Å². The third-order valence-corrected chi connectivity index (χ3v) is 4.97. The van der Waals surface area contributed by atoms with Gasteiger partial charge in [0.15, 0.2) is 0 Å². The van der Waals surface area contributed by atoms with E-state index in [0.717, 1.165) is 19.3 Å². The summed E-state index contributed by atoms with van der Waals surface area (Å²) in [7, 11) is 1.43. The SMILES string of the molecule is O=C(NCC1CCCCO1)c1cc(Br)cc(S(=O)(=O)Cl)c1. The topological polar surface area (TPSA) is 72.5 Å². The van der Waals surface area contributed by atoms with Crippen LogP contribution in [-0.2, 0) is 13.8 Å². The molecule has 1 N–H and O–H groups in total. The van der Waals surface area contributed by atoms with Gasteiger partial charge in [0.25, 0.3) is 15.0 Å². The Hall–Kier alpha value is -0.630. The molecule has 5 nitrogen and oxygen atoms in total. The largest absolute Gasteiger partial charge is 0.376 e. The molecule has 1 atom stereocenters. The summed E-state index contributed by atoms with van der Waals surface area (Å²) in [5.74, 6) is -0.355. The Bertz CT molecular complexity index is 629. The Morgan fingerprint density at radius 1 is 1.38 bits per heavy atom. The van der Waals surface area contributed by atoms with Crippen molar-refractivity contribution in [3.05, 3.63) is 28.2 Å². The van der Waals surface area contributed by atoms with Crippen molar-refractivity contribution in [3.63, 3.8) is 0 Å². The van der Waals surface area contributed by atoms with Gasteiger partial charge in [0.1, 0.15) is 0 Å². The standard InChI is InChI=1S/C13H15BrClNO4S/c14-10-5-9(6-12(7-10)21(15,18)19)13(17)16-8-11-3-1-2-4-20-11/h5-7,11H,1-4,8H2,(H,16,17). The highest BCUT2D eigenvalue weighted by atomic mass is 79.9. The van der Waals surface area contributed by atoms with E-state index in [1.165, 1.54) is 12.1 Å². The summed E-state index contributed by atoms with van der Waals surface area (Å²) < 4.78 is 28.7. The average Bonchev–Trinajstić information content (AvgIpc) is 2.44. The first kappa shape index (κ1) is 16.7. The molecular formula is C13H15BrClNO4S. The Morgan fingerprint density at radius 3 is 2.76 bits per heavy atom. The van der Waals surface area contributed by atoms with Crippen LogP contribution in [0, 0.1) is 0 Å². The number of carbonyl (C=O) groups is 1. The molecule has 8 heteroatoms. The van der Waals surface area contributed by atoms with E-state index in [9.17, 15) is 13.2 Å². The molecule has 0 aromatic heterocycles. The first-order chi connectivity index (χ1) is 9.86. The molecule has 0 bridgehead atoms. The maximum absolute atomic E-state index is 12.1. The van der Waals surface area contributed by atoms with Gasteiger partial charge in [0.2, 0.25) is 0 Å². The van der Waals surface area contributed by atoms with Crippen LogP contribution < -0.4 is 5.32 Å². The van der Waals surface area contributed by atoms with E-state index in [4.69, 9.17) is 15.4 Å². The molecule has 1 amide bonds. The summed E-state index contributed by atoms with van der Waals surface area (Å²) in [5.41, 5.74) is 0.236. The molecular weight excluding hydrogens is 382 g/mol. The Kier molecular flexibility index (Phi) is 5.65. The molecule has 0 saturated carbocycles. The van der Waals surface area contributed by atoms with Crippen LogP contribution in [0.3, 0.4) is 0 Å². The highest BCUT2D eigenvalue weighted by Crippen LogP contribution is 2.22. The molecule has 0 aliphatic carbocycles. The minimum absolute atomic E-state index is 0.0195. The van der Waals surface area contributed by atoms with E-state index in [1.807, 2.05) is 0 Å². The summed E-state index contributed by atoms with van der Waals surface area (Å²) in [5, 5.41) is 2.75. The zero-order chi connectivity index (χ0) is 15.5. The zero-order valence-corrected chi connectivity index (χ0v) is 14.3. The third-order valence-electron chi connectivity index (χ3n) is 3.18. The first-order valence-corrected chi connectivity index (χ1v) is 9.61. The second-order valence-corrected chi connectivity index (χ2v) is 8.29. The third kappa shape index (κ3) is 4.95. The van der Waals surface area contributed by atoms with E-state index < -0.39 is 9.05 Å². The van der Waals surface area contributed by atoms with Gasteiger partial charge in [-0.05, 0) is 37.5 Å². The second-order valence-electron chi connectivity index (χ2n) is 4.81. The number of carbonyl (C=O) groups excluding carboxylic acids is 1. The van der Waals surface area contributed by atoms with E-state index in [-0.39, 0.29) is 22.5 Å².